The van der Waals surface area contributed by atoms with E-state index < -0.39 is 0 Å². The second-order valence-electron chi connectivity index (χ2n) is 1.65. The first kappa shape index (κ1) is 36.2. The van der Waals surface area contributed by atoms with E-state index in [9.17, 15) is 0 Å². The third kappa shape index (κ3) is 54.3. The number of aryl methyl sites for hydroxylation is 1. The molecule has 0 bridgehead atoms. The summed E-state index contributed by atoms with van der Waals surface area (Å²) < 4.78 is 0. The topological polar surface area (TPSA) is 227 Å². The van der Waals surface area contributed by atoms with E-state index in [4.69, 9.17) is 22.1 Å². The Balaban J connectivity index is -0.0000000271. The Morgan fingerprint density at radius 3 is 1.47 bits per heavy atom. The Hall–Kier alpha value is -1.66. The molecule has 1 aromatic heterocycles. The molecule has 0 aliphatic rings. The van der Waals surface area contributed by atoms with E-state index in [1.54, 1.807) is 6.20 Å². The monoisotopic (exact) mass is 424 g/mol. The maximum Gasteiger partial charge on any atom is 0.0372 e. The third-order valence-electron chi connectivity index (χ3n) is 0.813. The molecule has 11 heteroatoms. The largest absolute Gasteiger partial charge is 0.693 e. The Morgan fingerprint density at radius 2 is 1.35 bits per heavy atom. The van der Waals surface area contributed by atoms with Gasteiger partial charge in [-0.1, -0.05) is 6.07 Å². The molecule has 0 aromatic carbocycles. The standard InChI is InChI=1S/C6H7N.2N3.H2N.2H2O.Pt/c1-6-4-2-3-5-7-6;2*1-3-2;;;;/h2-5H,1H3;;;3*1H2;/q;3*-1;;;. The Bertz CT molecular complexity index is 271. The van der Waals surface area contributed by atoms with Gasteiger partial charge in [0.1, 0.15) is 0 Å². The molecule has 1 heterocycles. The van der Waals surface area contributed by atoms with Crippen LogP contribution >= 0.6 is 0 Å². The first-order valence-electron chi connectivity index (χ1n) is 3.07. The van der Waals surface area contributed by atoms with Gasteiger partial charge < -0.3 is 39.2 Å². The van der Waals surface area contributed by atoms with Gasteiger partial charge >= 0.3 is 0 Å². The normalized spacial score (nSPS) is 4.53. The summed E-state index contributed by atoms with van der Waals surface area (Å²) in [6.45, 7) is 1.97. The van der Waals surface area contributed by atoms with Crippen molar-refractivity contribution < 1.29 is 32.0 Å². The molecule has 102 valence electrons. The first-order valence-corrected chi connectivity index (χ1v) is 3.07. The van der Waals surface area contributed by atoms with Crippen LogP contribution in [0.5, 0.6) is 0 Å². The van der Waals surface area contributed by atoms with Gasteiger partial charge in [0.25, 0.3) is 0 Å². The van der Waals surface area contributed by atoms with Crippen molar-refractivity contribution in [2.24, 2.45) is 0 Å². The van der Waals surface area contributed by atoms with Gasteiger partial charge in [0.05, 0.1) is 0 Å². The van der Waals surface area contributed by atoms with Crippen LogP contribution in [0.3, 0.4) is 0 Å². The third-order valence-corrected chi connectivity index (χ3v) is 0.813. The van der Waals surface area contributed by atoms with Crippen LogP contribution in [0.4, 0.5) is 0 Å². The molecule has 1 rings (SSSR count). The number of nitrogens with zero attached hydrogens (tertiary/aromatic N) is 7. The number of pyridine rings is 1. The molecule has 0 aliphatic heterocycles. The molecular formula is C6H13N8O2Pt-3. The minimum Gasteiger partial charge on any atom is -0.693 e. The van der Waals surface area contributed by atoms with E-state index in [0.29, 0.717) is 0 Å². The summed E-state index contributed by atoms with van der Waals surface area (Å²) in [4.78, 5) is 6.98. The minimum absolute atomic E-state index is 0. The number of aromatic nitrogens is 1. The minimum atomic E-state index is 0. The van der Waals surface area contributed by atoms with E-state index in [0.717, 1.165) is 5.69 Å². The predicted octanol–water partition coefficient (Wildman–Crippen LogP) is 2.19. The van der Waals surface area contributed by atoms with Crippen LogP contribution in [0, 0.1) is 6.92 Å². The smallest absolute Gasteiger partial charge is 0.0372 e. The Kier molecular flexibility index (Phi) is 78.0. The van der Waals surface area contributed by atoms with Crippen LogP contribution < -0.4 is 0 Å². The summed E-state index contributed by atoms with van der Waals surface area (Å²) in [5.74, 6) is 0. The second-order valence-corrected chi connectivity index (χ2v) is 1.65. The van der Waals surface area contributed by atoms with E-state index in [1.165, 1.54) is 9.82 Å². The van der Waals surface area contributed by atoms with Crippen molar-refractivity contribution in [2.45, 2.75) is 6.92 Å². The quantitative estimate of drug-likeness (QED) is 0.340. The van der Waals surface area contributed by atoms with Gasteiger partial charge in [0.2, 0.25) is 0 Å². The summed E-state index contributed by atoms with van der Waals surface area (Å²) in [5, 5.41) is 0. The predicted molar refractivity (Wildman–Crippen MR) is 61.6 cm³/mol. The van der Waals surface area contributed by atoms with Crippen LogP contribution in [-0.2, 0) is 21.1 Å². The zero-order valence-corrected chi connectivity index (χ0v) is 11.1. The molecule has 6 N–H and O–H groups in total. The summed E-state index contributed by atoms with van der Waals surface area (Å²) in [6, 6.07) is 5.86. The molecule has 0 aliphatic carbocycles. The van der Waals surface area contributed by atoms with Crippen LogP contribution in [0.1, 0.15) is 5.69 Å². The van der Waals surface area contributed by atoms with E-state index >= 15 is 0 Å². The van der Waals surface area contributed by atoms with Crippen LogP contribution in [0.2, 0.25) is 0 Å². The molecule has 0 saturated carbocycles. The average molecular weight is 424 g/mol. The maximum atomic E-state index is 6.75. The summed E-state index contributed by atoms with van der Waals surface area (Å²) >= 11 is 0. The molecule has 10 nitrogen and oxygen atoms in total. The fraction of sp³-hybridized carbons (Fsp3) is 0.167. The average Bonchev–Trinajstić information content (AvgIpc) is 2.08. The zero-order valence-electron chi connectivity index (χ0n) is 8.83. The zero-order chi connectivity index (χ0) is 10.5. The summed E-state index contributed by atoms with van der Waals surface area (Å²) in [5.41, 5.74) is 28.1. The maximum absolute atomic E-state index is 6.75. The molecular weight excluding hydrogens is 411 g/mol. The molecule has 0 fully saturated rings. The van der Waals surface area contributed by atoms with Gasteiger partial charge in [-0.3, -0.25) is 14.8 Å². The van der Waals surface area contributed by atoms with Crippen molar-refractivity contribution in [1.82, 2.24) is 4.98 Å². The van der Waals surface area contributed by atoms with Gasteiger partial charge in [-0.15, -0.1) is 0 Å². The summed E-state index contributed by atoms with van der Waals surface area (Å²) in [6.07, 6.45) is 1.79. The van der Waals surface area contributed by atoms with Gasteiger partial charge in [-0.05, 0) is 19.1 Å². The first-order chi connectivity index (χ1) is 6.22. The van der Waals surface area contributed by atoms with Gasteiger partial charge in [0, 0.05) is 33.0 Å². The molecule has 0 saturated heterocycles. The van der Waals surface area contributed by atoms with Crippen molar-refractivity contribution in [3.63, 3.8) is 0 Å². The van der Waals surface area contributed by atoms with Crippen molar-refractivity contribution in [1.29, 1.82) is 0 Å². The number of rotatable bonds is 0. The molecule has 0 atom stereocenters. The SMILES string of the molecule is Cc1ccccn1.O.O.[N-]=[N+]=[N-].[N-]=[N+]=[N-].[NH2-].[Pt]. The van der Waals surface area contributed by atoms with E-state index in [1.807, 2.05) is 25.1 Å². The molecule has 0 amide bonds. The van der Waals surface area contributed by atoms with Gasteiger partial charge in [-0.25, -0.2) is 0 Å². The van der Waals surface area contributed by atoms with Crippen molar-refractivity contribution in [2.75, 3.05) is 0 Å². The van der Waals surface area contributed by atoms with Crippen LogP contribution in [-0.4, -0.2) is 15.9 Å². The van der Waals surface area contributed by atoms with Crippen molar-refractivity contribution in [3.8, 4) is 0 Å². The molecule has 1 aromatic rings. The van der Waals surface area contributed by atoms with Gasteiger partial charge in [0.15, 0.2) is 0 Å². The van der Waals surface area contributed by atoms with E-state index in [2.05, 4.69) is 4.98 Å². The number of hydrogen-bond donors (Lipinski definition) is 0. The molecule has 0 unspecified atom stereocenters. The second kappa shape index (κ2) is 36.7. The molecule has 17 heavy (non-hydrogen) atoms. The fourth-order valence-electron chi connectivity index (χ4n) is 0.448. The molecule has 0 radical (unpaired) electrons. The van der Waals surface area contributed by atoms with Crippen LogP contribution in [0.25, 0.3) is 38.1 Å². The van der Waals surface area contributed by atoms with Crippen LogP contribution in [0.15, 0.2) is 24.4 Å². The number of nitrogens with two attached hydrogens (primary N) is 1. The van der Waals surface area contributed by atoms with Gasteiger partial charge in [-0.2, -0.15) is 0 Å². The summed E-state index contributed by atoms with van der Waals surface area (Å²) in [7, 11) is 0. The number of hydrogen-bond acceptors (Lipinski definition) is 1. The van der Waals surface area contributed by atoms with Crippen molar-refractivity contribution in [3.05, 3.63) is 68.2 Å². The molecule has 0 spiro atoms. The Labute approximate surface area is 112 Å². The van der Waals surface area contributed by atoms with E-state index in [-0.39, 0.29) is 38.2 Å². The Morgan fingerprint density at radius 1 is 1.00 bits per heavy atom. The van der Waals surface area contributed by atoms with Crippen molar-refractivity contribution >= 4 is 0 Å². The fourth-order valence-corrected chi connectivity index (χ4v) is 0.448.